The third kappa shape index (κ3) is 0.432. The fraction of sp³-hybridized carbons (Fsp3) is 0.600. The Morgan fingerprint density at radius 1 is 0.750 bits per heavy atom. The summed E-state index contributed by atoms with van der Waals surface area (Å²) in [5, 5.41) is 7.31. The second-order valence-electron chi connectivity index (χ2n) is 9.14. The van der Waals surface area contributed by atoms with Gasteiger partial charge in [0.05, 0.1) is 0 Å². The van der Waals surface area contributed by atoms with Crippen molar-refractivity contribution in [3.05, 3.63) is 22.3 Å². The Balaban J connectivity index is 1.34. The summed E-state index contributed by atoms with van der Waals surface area (Å²) in [6, 6.07) is 0. The number of hydrogen-bond acceptors (Lipinski definition) is 0. The minimum absolute atomic E-state index is 0.887. The van der Waals surface area contributed by atoms with Gasteiger partial charge in [-0.25, -0.2) is 0 Å². The van der Waals surface area contributed by atoms with E-state index in [-0.39, 0.29) is 0 Å². The monoisotopic (exact) mass is 256 g/mol. The average Bonchev–Trinajstić information content (AvgIpc) is 2.36. The highest BCUT2D eigenvalue weighted by atomic mass is 14.8. The van der Waals surface area contributed by atoms with Gasteiger partial charge in [-0.05, 0) is 117 Å². The smallest absolute Gasteiger partial charge is 0.00183 e. The molecule has 9 rings (SSSR count). The molecule has 6 aliphatic carbocycles. The zero-order chi connectivity index (χ0) is 12.1. The van der Waals surface area contributed by atoms with Crippen molar-refractivity contribution in [2.24, 2.45) is 17.3 Å². The fourth-order valence-corrected chi connectivity index (χ4v) is 8.62. The van der Waals surface area contributed by atoms with Crippen molar-refractivity contribution >= 4 is 21.5 Å². The minimum atomic E-state index is 0.887. The van der Waals surface area contributed by atoms with Crippen molar-refractivity contribution in [1.29, 1.82) is 0 Å². The van der Waals surface area contributed by atoms with E-state index in [1.54, 1.807) is 19.3 Å². The first-order valence-electron chi connectivity index (χ1n) is 8.92. The number of benzene rings is 2. The Hall–Kier alpha value is -1.04. The van der Waals surface area contributed by atoms with E-state index in [1.165, 1.54) is 12.8 Å². The van der Waals surface area contributed by atoms with Gasteiger partial charge in [-0.1, -0.05) is 0 Å². The molecule has 7 unspecified atom stereocenters. The maximum atomic E-state index is 1.93. The van der Waals surface area contributed by atoms with E-state index >= 15 is 0 Å². The summed E-state index contributed by atoms with van der Waals surface area (Å²) in [7, 11) is 0. The molecular formula is C20H16. The van der Waals surface area contributed by atoms with E-state index < -0.39 is 0 Å². The molecule has 0 amide bonds. The fourth-order valence-electron chi connectivity index (χ4n) is 8.62. The van der Waals surface area contributed by atoms with E-state index in [0.717, 1.165) is 40.9 Å². The molecule has 0 nitrogen and oxygen atoms in total. The molecule has 3 aromatic rings. The molecule has 6 aliphatic rings. The van der Waals surface area contributed by atoms with Crippen LogP contribution in [0.4, 0.5) is 0 Å². The molecular weight excluding hydrogens is 240 g/mol. The van der Waals surface area contributed by atoms with E-state index in [0.29, 0.717) is 0 Å². The zero-order valence-corrected chi connectivity index (χ0v) is 11.5. The van der Waals surface area contributed by atoms with Gasteiger partial charge in [-0.2, -0.15) is 0 Å². The van der Waals surface area contributed by atoms with Crippen LogP contribution in [-0.2, 0) is 0 Å². The Bertz CT molecular complexity index is 979. The van der Waals surface area contributed by atoms with Crippen LogP contribution in [0.15, 0.2) is 0 Å². The normalized spacial score (nSPS) is 55.2. The topological polar surface area (TPSA) is 0 Å². The van der Waals surface area contributed by atoms with Crippen molar-refractivity contribution in [2.75, 3.05) is 0 Å². The van der Waals surface area contributed by atoms with Gasteiger partial charge in [0.1, 0.15) is 0 Å². The second kappa shape index (κ2) is 1.91. The maximum absolute atomic E-state index is 1.93. The lowest BCUT2D eigenvalue weighted by Crippen LogP contribution is -2.74. The third-order valence-electron chi connectivity index (χ3n) is 9.60. The summed E-state index contributed by atoms with van der Waals surface area (Å²) in [6.07, 6.45) is 7.78. The average molecular weight is 256 g/mol. The molecule has 0 N–H and O–H groups in total. The first-order valence-corrected chi connectivity index (χ1v) is 8.92. The van der Waals surface area contributed by atoms with Crippen LogP contribution >= 0.6 is 0 Å². The molecule has 20 heavy (non-hydrogen) atoms. The van der Waals surface area contributed by atoms with Gasteiger partial charge in [0, 0.05) is 0 Å². The van der Waals surface area contributed by atoms with Crippen LogP contribution < -0.4 is 0 Å². The van der Waals surface area contributed by atoms with Crippen LogP contribution in [-0.4, -0.2) is 0 Å². The van der Waals surface area contributed by atoms with Gasteiger partial charge >= 0.3 is 0 Å². The van der Waals surface area contributed by atoms with Crippen LogP contribution in [0.2, 0.25) is 0 Å². The lowest BCUT2D eigenvalue weighted by Gasteiger charge is -2.83. The standard InChI is InChI=1S/C20H16/c1-2-8-7(1)10-11(8)14-13(10)16-15-12-9-5-6-3-4-20(6,9)19(12)18(15)17(14)16/h6-9,12,19H,1-5H2. The second-order valence-corrected chi connectivity index (χ2v) is 9.14. The Labute approximate surface area is 117 Å². The lowest BCUT2D eigenvalue weighted by atomic mass is 9.20. The van der Waals surface area contributed by atoms with Crippen LogP contribution in [0.3, 0.4) is 0 Å². The van der Waals surface area contributed by atoms with Gasteiger partial charge in [0.25, 0.3) is 0 Å². The molecule has 0 bridgehead atoms. The summed E-state index contributed by atoms with van der Waals surface area (Å²) >= 11 is 0. The van der Waals surface area contributed by atoms with Crippen molar-refractivity contribution in [2.45, 2.75) is 55.8 Å². The van der Waals surface area contributed by atoms with E-state index in [4.69, 9.17) is 0 Å². The Kier molecular flexibility index (Phi) is 0.805. The summed E-state index contributed by atoms with van der Waals surface area (Å²) < 4.78 is 0. The van der Waals surface area contributed by atoms with Crippen LogP contribution in [0.25, 0.3) is 21.5 Å². The van der Waals surface area contributed by atoms with Crippen LogP contribution in [0.5, 0.6) is 0 Å². The summed E-state index contributed by atoms with van der Waals surface area (Å²) in [5.41, 5.74) is 8.47. The van der Waals surface area contributed by atoms with Crippen molar-refractivity contribution in [3.63, 3.8) is 0 Å². The van der Waals surface area contributed by atoms with Gasteiger partial charge in [0.2, 0.25) is 0 Å². The van der Waals surface area contributed by atoms with Crippen molar-refractivity contribution in [3.8, 4) is 0 Å². The highest BCUT2D eigenvalue weighted by Crippen LogP contribution is 2.91. The highest BCUT2D eigenvalue weighted by molar-refractivity contribution is 6.39. The summed E-state index contributed by atoms with van der Waals surface area (Å²) in [6.45, 7) is 0. The lowest BCUT2D eigenvalue weighted by molar-refractivity contribution is -0.262. The first kappa shape index (κ1) is 8.41. The quantitative estimate of drug-likeness (QED) is 0.537. The highest BCUT2D eigenvalue weighted by Gasteiger charge is 2.80. The predicted molar refractivity (Wildman–Crippen MR) is 78.5 cm³/mol. The Morgan fingerprint density at radius 2 is 1.45 bits per heavy atom. The zero-order valence-electron chi connectivity index (χ0n) is 11.5. The molecule has 96 valence electrons. The maximum Gasteiger partial charge on any atom is -0.00183 e. The van der Waals surface area contributed by atoms with Crippen molar-refractivity contribution in [1.82, 2.24) is 0 Å². The minimum Gasteiger partial charge on any atom is -0.0493 e. The van der Waals surface area contributed by atoms with Crippen LogP contribution in [0, 0.1) is 17.3 Å². The molecule has 4 fully saturated rings. The number of fused-ring (bicyclic) bond motifs is 17. The van der Waals surface area contributed by atoms with E-state index in [2.05, 4.69) is 0 Å². The molecule has 0 heteroatoms. The number of rotatable bonds is 0. The largest absolute Gasteiger partial charge is 0.0493 e. The van der Waals surface area contributed by atoms with Crippen molar-refractivity contribution < 1.29 is 0 Å². The van der Waals surface area contributed by atoms with E-state index in [9.17, 15) is 0 Å². The summed E-state index contributed by atoms with van der Waals surface area (Å²) in [4.78, 5) is 0. The summed E-state index contributed by atoms with van der Waals surface area (Å²) in [5.74, 6) is 6.52. The Morgan fingerprint density at radius 3 is 2.05 bits per heavy atom. The molecule has 0 aromatic heterocycles. The van der Waals surface area contributed by atoms with Gasteiger partial charge in [-0.15, -0.1) is 0 Å². The molecule has 1 spiro atoms. The molecule has 0 saturated heterocycles. The van der Waals surface area contributed by atoms with Gasteiger partial charge < -0.3 is 0 Å². The molecule has 7 atom stereocenters. The van der Waals surface area contributed by atoms with Gasteiger partial charge in [0.15, 0.2) is 0 Å². The SMILES string of the molecule is C1CC2c3c(c4c3c3c5c(c43)C3C4CC6CCC64C53)C12. The number of hydrogen-bond donors (Lipinski definition) is 0. The van der Waals surface area contributed by atoms with Gasteiger partial charge in [-0.3, -0.25) is 0 Å². The third-order valence-corrected chi connectivity index (χ3v) is 9.60. The molecule has 0 aliphatic heterocycles. The molecule has 0 heterocycles. The van der Waals surface area contributed by atoms with E-state index in [1.807, 2.05) is 43.8 Å². The van der Waals surface area contributed by atoms with Crippen LogP contribution in [0.1, 0.15) is 78.0 Å². The molecule has 3 aromatic carbocycles. The molecule has 0 radical (unpaired) electrons. The first-order chi connectivity index (χ1) is 9.93. The predicted octanol–water partition coefficient (Wildman–Crippen LogP) is 4.89. The molecule has 4 saturated carbocycles.